The second kappa shape index (κ2) is 15.8. The summed E-state index contributed by atoms with van der Waals surface area (Å²) in [5.41, 5.74) is 1.50. The third-order valence-electron chi connectivity index (χ3n) is 10.4. The second-order valence-electron chi connectivity index (χ2n) is 14.1. The van der Waals surface area contributed by atoms with Crippen molar-refractivity contribution in [2.45, 2.75) is 44.8 Å². The predicted octanol–water partition coefficient (Wildman–Crippen LogP) is 7.95. The Bertz CT molecular complexity index is 2290. The number of hydrogen-bond donors (Lipinski definition) is 2. The molecule has 0 radical (unpaired) electrons. The number of benzene rings is 4. The van der Waals surface area contributed by atoms with Crippen LogP contribution in [0.25, 0.3) is 20.5 Å². The van der Waals surface area contributed by atoms with E-state index < -0.39 is 29.9 Å². The van der Waals surface area contributed by atoms with Crippen LogP contribution in [0.15, 0.2) is 72.8 Å². The predicted molar refractivity (Wildman–Crippen MR) is 203 cm³/mol. The largest absolute Gasteiger partial charge is 0.573 e. The van der Waals surface area contributed by atoms with Crippen molar-refractivity contribution in [3.05, 3.63) is 95.6 Å². The topological polar surface area (TPSA) is 104 Å². The SMILES string of the molecule is O=C1CCC(N2Cc3cc(F)c(N4CCN(CCCOc5ccc(Oc6c(-c7ccc(OC(F)(F)F)cc7)sc7cc(O)ccc67)cc5)CC4)c(F)c3C2)C(=O)N1. The number of nitrogens with one attached hydrogen (secondary N) is 1. The average Bonchev–Trinajstić information content (AvgIpc) is 3.75. The fourth-order valence-corrected chi connectivity index (χ4v) is 8.75. The van der Waals surface area contributed by atoms with Crippen molar-refractivity contribution in [3.8, 4) is 39.2 Å². The number of thiophene rings is 1. The minimum Gasteiger partial charge on any atom is -0.508 e. The molecule has 4 aromatic carbocycles. The number of rotatable bonds is 11. The smallest absolute Gasteiger partial charge is 0.508 e. The van der Waals surface area contributed by atoms with Gasteiger partial charge in [0.25, 0.3) is 0 Å². The number of phenolic OH excluding ortho intramolecular Hbond substituents is 1. The van der Waals surface area contributed by atoms with Gasteiger partial charge in [0.15, 0.2) is 11.6 Å². The molecule has 1 atom stereocenters. The molecule has 1 aromatic heterocycles. The molecule has 16 heteroatoms. The lowest BCUT2D eigenvalue weighted by Crippen LogP contribution is -2.50. The van der Waals surface area contributed by atoms with Crippen LogP contribution in [-0.2, 0) is 22.7 Å². The Morgan fingerprint density at radius 2 is 1.60 bits per heavy atom. The highest BCUT2D eigenvalue weighted by Gasteiger charge is 2.38. The number of phenols is 1. The molecule has 2 fully saturated rings. The zero-order valence-electron chi connectivity index (χ0n) is 30.4. The van der Waals surface area contributed by atoms with Gasteiger partial charge in [-0.1, -0.05) is 0 Å². The van der Waals surface area contributed by atoms with E-state index in [0.29, 0.717) is 78.0 Å². The Morgan fingerprint density at radius 1 is 0.877 bits per heavy atom. The lowest BCUT2D eigenvalue weighted by molar-refractivity contribution is -0.274. The molecule has 0 spiro atoms. The number of aromatic hydroxyl groups is 1. The molecule has 5 aromatic rings. The number of halogens is 5. The summed E-state index contributed by atoms with van der Waals surface area (Å²) >= 11 is 1.33. The van der Waals surface area contributed by atoms with Gasteiger partial charge in [-0.05, 0) is 96.8 Å². The first-order valence-electron chi connectivity index (χ1n) is 18.5. The van der Waals surface area contributed by atoms with Crippen LogP contribution in [0.4, 0.5) is 27.6 Å². The van der Waals surface area contributed by atoms with Gasteiger partial charge in [0.05, 0.1) is 17.5 Å². The monoisotopic (exact) mass is 808 g/mol. The van der Waals surface area contributed by atoms with Crippen molar-refractivity contribution in [2.24, 2.45) is 0 Å². The van der Waals surface area contributed by atoms with E-state index >= 15 is 8.78 Å². The molecular formula is C41H37F5N4O6S. The van der Waals surface area contributed by atoms with Gasteiger partial charge in [0.2, 0.25) is 11.8 Å². The molecule has 10 nitrogen and oxygen atoms in total. The Morgan fingerprint density at radius 3 is 2.32 bits per heavy atom. The third-order valence-corrected chi connectivity index (χ3v) is 11.6. The second-order valence-corrected chi connectivity index (χ2v) is 15.2. The molecule has 57 heavy (non-hydrogen) atoms. The van der Waals surface area contributed by atoms with Gasteiger partial charge in [-0.15, -0.1) is 24.5 Å². The van der Waals surface area contributed by atoms with Crippen molar-refractivity contribution in [3.63, 3.8) is 0 Å². The van der Waals surface area contributed by atoms with E-state index in [4.69, 9.17) is 9.47 Å². The van der Waals surface area contributed by atoms with Crippen molar-refractivity contribution in [1.82, 2.24) is 15.1 Å². The van der Waals surface area contributed by atoms with Crippen molar-refractivity contribution in [2.75, 3.05) is 44.2 Å². The van der Waals surface area contributed by atoms with Crippen molar-refractivity contribution in [1.29, 1.82) is 0 Å². The van der Waals surface area contributed by atoms with E-state index in [1.165, 1.54) is 47.7 Å². The van der Waals surface area contributed by atoms with E-state index in [0.717, 1.165) is 23.1 Å². The van der Waals surface area contributed by atoms with E-state index in [-0.39, 0.29) is 42.6 Å². The van der Waals surface area contributed by atoms with Crippen LogP contribution in [0.3, 0.4) is 0 Å². The third kappa shape index (κ3) is 8.48. The molecule has 8 rings (SSSR count). The molecular weight excluding hydrogens is 772 g/mol. The zero-order valence-corrected chi connectivity index (χ0v) is 31.2. The van der Waals surface area contributed by atoms with Crippen LogP contribution in [0.5, 0.6) is 28.7 Å². The lowest BCUT2D eigenvalue weighted by Gasteiger charge is -2.36. The highest BCUT2D eigenvalue weighted by atomic mass is 32.1. The average molecular weight is 809 g/mol. The Labute approximate surface area is 327 Å². The first-order chi connectivity index (χ1) is 27.4. The first-order valence-corrected chi connectivity index (χ1v) is 19.3. The van der Waals surface area contributed by atoms with Crippen LogP contribution in [-0.4, -0.2) is 78.5 Å². The maximum absolute atomic E-state index is 15.8. The van der Waals surface area contributed by atoms with Gasteiger partial charge in [-0.25, -0.2) is 8.78 Å². The van der Waals surface area contributed by atoms with Gasteiger partial charge >= 0.3 is 6.36 Å². The summed E-state index contributed by atoms with van der Waals surface area (Å²) < 4.78 is 86.3. The highest BCUT2D eigenvalue weighted by Crippen LogP contribution is 2.47. The fourth-order valence-electron chi connectivity index (χ4n) is 7.58. The number of alkyl halides is 3. The number of imide groups is 1. The fraction of sp³-hybridized carbons (Fsp3) is 0.317. The molecule has 4 heterocycles. The van der Waals surface area contributed by atoms with E-state index in [9.17, 15) is 27.9 Å². The van der Waals surface area contributed by atoms with Gasteiger partial charge in [-0.3, -0.25) is 24.7 Å². The van der Waals surface area contributed by atoms with E-state index in [1.807, 2.05) is 0 Å². The van der Waals surface area contributed by atoms with Crippen LogP contribution in [0.1, 0.15) is 30.4 Å². The molecule has 0 aliphatic carbocycles. The molecule has 3 aliphatic rings. The van der Waals surface area contributed by atoms with Crippen molar-refractivity contribution >= 4 is 38.9 Å². The minimum atomic E-state index is -4.80. The number of anilines is 1. The summed E-state index contributed by atoms with van der Waals surface area (Å²) in [7, 11) is 0. The van der Waals surface area contributed by atoms with Gasteiger partial charge < -0.3 is 24.2 Å². The molecule has 2 amide bonds. The summed E-state index contributed by atoms with van der Waals surface area (Å²) in [6, 6.07) is 18.3. The quantitative estimate of drug-likeness (QED) is 0.0782. The van der Waals surface area contributed by atoms with Gasteiger partial charge in [0, 0.05) is 67.9 Å². The maximum Gasteiger partial charge on any atom is 0.573 e. The normalized spacial score (nSPS) is 17.8. The summed E-state index contributed by atoms with van der Waals surface area (Å²) in [6.07, 6.45) is -3.51. The summed E-state index contributed by atoms with van der Waals surface area (Å²) in [5, 5.41) is 13.1. The van der Waals surface area contributed by atoms with Crippen LogP contribution >= 0.6 is 11.3 Å². The maximum atomic E-state index is 15.8. The summed E-state index contributed by atoms with van der Waals surface area (Å²) in [6.45, 7) is 3.74. The number of carbonyl (C=O) groups is 2. The molecule has 0 saturated carbocycles. The molecule has 298 valence electrons. The number of hydrogen-bond acceptors (Lipinski definition) is 10. The number of piperidine rings is 1. The number of fused-ring (bicyclic) bond motifs is 2. The summed E-state index contributed by atoms with van der Waals surface area (Å²) in [4.78, 5) is 30.4. The van der Waals surface area contributed by atoms with Crippen LogP contribution in [0.2, 0.25) is 0 Å². The number of amides is 2. The minimum absolute atomic E-state index is 0.0365. The van der Waals surface area contributed by atoms with Crippen molar-refractivity contribution < 1.29 is 50.9 Å². The Kier molecular flexibility index (Phi) is 10.7. The standard InChI is InChI=1S/C41H37F5N4O6S/c42-32-20-25-22-50(33-12-13-35(52)47-40(33)53)23-31(25)36(43)37(32)49-17-15-48(16-18-49)14-1-19-54-27-7-9-28(10-8-27)55-38-30-11-4-26(51)21-34(30)57-39(38)24-2-5-29(6-3-24)56-41(44,45)46/h2-11,20-21,33,51H,1,12-19,22-23H2,(H,47,52,53). The molecule has 0 bridgehead atoms. The van der Waals surface area contributed by atoms with Gasteiger partial charge in [0.1, 0.15) is 34.5 Å². The van der Waals surface area contributed by atoms with E-state index in [1.54, 1.807) is 46.2 Å². The molecule has 3 aliphatic heterocycles. The number of ether oxygens (including phenoxy) is 3. The van der Waals surface area contributed by atoms with Gasteiger partial charge in [-0.2, -0.15) is 0 Å². The Balaban J connectivity index is 0.830. The van der Waals surface area contributed by atoms with Crippen LogP contribution < -0.4 is 24.4 Å². The first kappa shape index (κ1) is 38.4. The lowest BCUT2D eigenvalue weighted by atomic mass is 10.0. The molecule has 2 saturated heterocycles. The van der Waals surface area contributed by atoms with Crippen LogP contribution in [0, 0.1) is 11.6 Å². The molecule has 1 unspecified atom stereocenters. The number of piperazine rings is 1. The summed E-state index contributed by atoms with van der Waals surface area (Å²) in [5.74, 6) is -0.561. The Hall–Kier alpha value is -5.45. The number of nitrogens with zero attached hydrogens (tertiary/aromatic N) is 3. The molecule has 2 N–H and O–H groups in total. The van der Waals surface area contributed by atoms with E-state index in [2.05, 4.69) is 15.0 Å². The zero-order chi connectivity index (χ0) is 39.8. The highest BCUT2D eigenvalue weighted by molar-refractivity contribution is 7.22. The number of carbonyl (C=O) groups excluding carboxylic acids is 2.